The molecule has 0 saturated carbocycles. The fourth-order valence-electron chi connectivity index (χ4n) is 2.70. The molecule has 0 aliphatic heterocycles. The number of aromatic nitrogens is 1. The average molecular weight is 422 g/mol. The second-order valence-corrected chi connectivity index (χ2v) is 8.37. The molecule has 2 aromatic rings. The summed E-state index contributed by atoms with van der Waals surface area (Å²) in [6.07, 6.45) is 1.21. The van der Waals surface area contributed by atoms with E-state index in [-0.39, 0.29) is 24.6 Å². The Morgan fingerprint density at radius 2 is 1.76 bits per heavy atom. The van der Waals surface area contributed by atoms with Gasteiger partial charge in [-0.1, -0.05) is 31.5 Å². The van der Waals surface area contributed by atoms with E-state index < -0.39 is 21.5 Å². The minimum Gasteiger partial charge on any atom is -0.492 e. The van der Waals surface area contributed by atoms with Crippen LogP contribution in [0.5, 0.6) is 5.75 Å². The first-order valence-corrected chi connectivity index (χ1v) is 10.9. The van der Waals surface area contributed by atoms with E-state index in [2.05, 4.69) is 5.32 Å². The van der Waals surface area contributed by atoms with E-state index in [0.29, 0.717) is 18.8 Å². The van der Waals surface area contributed by atoms with E-state index in [1.807, 2.05) is 31.2 Å². The van der Waals surface area contributed by atoms with Gasteiger partial charge in [0, 0.05) is 25.4 Å². The zero-order chi connectivity index (χ0) is 21.4. The van der Waals surface area contributed by atoms with Crippen LogP contribution in [-0.4, -0.2) is 49.4 Å². The lowest BCUT2D eigenvalue weighted by Crippen LogP contribution is -2.35. The van der Waals surface area contributed by atoms with Crippen molar-refractivity contribution in [1.82, 2.24) is 14.2 Å². The van der Waals surface area contributed by atoms with Crippen molar-refractivity contribution in [2.24, 2.45) is 0 Å². The molecular weight excluding hydrogens is 394 g/mol. The van der Waals surface area contributed by atoms with Gasteiger partial charge in [-0.3, -0.25) is 9.59 Å². The molecule has 0 aliphatic rings. The lowest BCUT2D eigenvalue weighted by Gasteiger charge is -2.19. The highest BCUT2D eigenvalue weighted by Gasteiger charge is 2.22. The van der Waals surface area contributed by atoms with E-state index in [9.17, 15) is 18.0 Å². The van der Waals surface area contributed by atoms with Crippen LogP contribution in [0.25, 0.3) is 0 Å². The molecule has 1 heterocycles. The summed E-state index contributed by atoms with van der Waals surface area (Å²) in [7, 11) is -3.71. The van der Waals surface area contributed by atoms with E-state index in [4.69, 9.17) is 4.74 Å². The van der Waals surface area contributed by atoms with Gasteiger partial charge in [0.15, 0.2) is 0 Å². The number of sulfonamides is 1. The van der Waals surface area contributed by atoms with Crippen molar-refractivity contribution in [3.63, 3.8) is 0 Å². The highest BCUT2D eigenvalue weighted by Crippen LogP contribution is 2.13. The summed E-state index contributed by atoms with van der Waals surface area (Å²) in [6, 6.07) is 9.97. The lowest BCUT2D eigenvalue weighted by molar-refractivity contribution is -0.121. The fraction of sp³-hybridized carbons (Fsp3) is 0.400. The summed E-state index contributed by atoms with van der Waals surface area (Å²) in [5.41, 5.74) is 0.677. The molecule has 1 amide bonds. The van der Waals surface area contributed by atoms with Gasteiger partial charge in [0.1, 0.15) is 18.9 Å². The topological polar surface area (TPSA) is 97.7 Å². The molecule has 0 saturated heterocycles. The van der Waals surface area contributed by atoms with Crippen molar-refractivity contribution in [2.45, 2.75) is 32.2 Å². The number of ether oxygens (including phenoxy) is 1. The number of hydrogen-bond donors (Lipinski definition) is 1. The van der Waals surface area contributed by atoms with Gasteiger partial charge in [-0.25, -0.2) is 8.42 Å². The van der Waals surface area contributed by atoms with Crippen LogP contribution in [0.1, 0.15) is 19.4 Å². The van der Waals surface area contributed by atoms with Crippen LogP contribution >= 0.6 is 0 Å². The number of pyridine rings is 1. The van der Waals surface area contributed by atoms with Gasteiger partial charge in [-0.05, 0) is 25.1 Å². The van der Waals surface area contributed by atoms with Gasteiger partial charge in [0.05, 0.1) is 11.4 Å². The Balaban J connectivity index is 1.95. The number of nitrogens with zero attached hydrogens (tertiary/aromatic N) is 2. The summed E-state index contributed by atoms with van der Waals surface area (Å²) in [4.78, 5) is 24.2. The Kier molecular flexibility index (Phi) is 7.98. The first kappa shape index (κ1) is 22.6. The van der Waals surface area contributed by atoms with Crippen molar-refractivity contribution in [3.05, 3.63) is 58.5 Å². The van der Waals surface area contributed by atoms with Crippen LogP contribution in [0.3, 0.4) is 0 Å². The molecular formula is C20H27N3O5S. The van der Waals surface area contributed by atoms with Crippen LogP contribution in [0, 0.1) is 6.92 Å². The molecule has 2 rings (SSSR count). The molecule has 0 aliphatic carbocycles. The maximum atomic E-state index is 12.6. The van der Waals surface area contributed by atoms with Crippen LogP contribution in [0.15, 0.2) is 52.3 Å². The summed E-state index contributed by atoms with van der Waals surface area (Å²) >= 11 is 0. The summed E-state index contributed by atoms with van der Waals surface area (Å²) < 4.78 is 33.1. The molecule has 1 N–H and O–H groups in total. The smallest absolute Gasteiger partial charge is 0.251 e. The largest absolute Gasteiger partial charge is 0.492 e. The van der Waals surface area contributed by atoms with Crippen LogP contribution in [-0.2, 0) is 21.4 Å². The Morgan fingerprint density at radius 1 is 1.10 bits per heavy atom. The van der Waals surface area contributed by atoms with E-state index >= 15 is 0 Å². The summed E-state index contributed by atoms with van der Waals surface area (Å²) in [5.74, 6) is 0.298. The van der Waals surface area contributed by atoms with Gasteiger partial charge < -0.3 is 14.6 Å². The molecule has 29 heavy (non-hydrogen) atoms. The number of carbonyl (C=O) groups excluding carboxylic acids is 1. The number of rotatable bonds is 10. The monoisotopic (exact) mass is 421 g/mol. The van der Waals surface area contributed by atoms with Gasteiger partial charge in [0.2, 0.25) is 15.9 Å². The normalized spacial score (nSPS) is 11.4. The first-order chi connectivity index (χ1) is 13.8. The molecule has 158 valence electrons. The molecule has 9 heteroatoms. The standard InChI is InChI=1S/C20H27N3O5S/c1-4-23(5-2)29(26,27)18-10-11-20(25)22(14-18)15-19(24)21-12-13-28-17-8-6-16(3)7-9-17/h6-11,14H,4-5,12-13,15H2,1-3H3,(H,21,24). The molecule has 0 bridgehead atoms. The number of aryl methyl sites for hydroxylation is 1. The fourth-order valence-corrected chi connectivity index (χ4v) is 4.18. The van der Waals surface area contributed by atoms with Gasteiger partial charge in [0.25, 0.3) is 5.56 Å². The SMILES string of the molecule is CCN(CC)S(=O)(=O)c1ccc(=O)n(CC(=O)NCCOc2ccc(C)cc2)c1. The van der Waals surface area contributed by atoms with Crippen molar-refractivity contribution in [2.75, 3.05) is 26.2 Å². The van der Waals surface area contributed by atoms with Gasteiger partial charge in [-0.15, -0.1) is 0 Å². The number of carbonyl (C=O) groups is 1. The summed E-state index contributed by atoms with van der Waals surface area (Å²) in [5, 5.41) is 2.66. The van der Waals surface area contributed by atoms with Gasteiger partial charge in [-0.2, -0.15) is 4.31 Å². The zero-order valence-electron chi connectivity index (χ0n) is 16.9. The molecule has 0 fully saturated rings. The van der Waals surface area contributed by atoms with E-state index in [0.717, 1.165) is 16.2 Å². The highest BCUT2D eigenvalue weighted by atomic mass is 32.2. The minimum atomic E-state index is -3.71. The second-order valence-electron chi connectivity index (χ2n) is 6.43. The van der Waals surface area contributed by atoms with Crippen LogP contribution < -0.4 is 15.6 Å². The Hall–Kier alpha value is -2.65. The Labute approximate surface area is 171 Å². The van der Waals surface area contributed by atoms with Gasteiger partial charge >= 0.3 is 0 Å². The number of amides is 1. The Morgan fingerprint density at radius 3 is 2.38 bits per heavy atom. The third-order valence-corrected chi connectivity index (χ3v) is 6.36. The van der Waals surface area contributed by atoms with Crippen molar-refractivity contribution < 1.29 is 17.9 Å². The van der Waals surface area contributed by atoms with E-state index in [1.165, 1.54) is 16.6 Å². The van der Waals surface area contributed by atoms with Crippen molar-refractivity contribution in [3.8, 4) is 5.75 Å². The van der Waals surface area contributed by atoms with Crippen LogP contribution in [0.2, 0.25) is 0 Å². The molecule has 1 aromatic heterocycles. The maximum absolute atomic E-state index is 12.6. The zero-order valence-corrected chi connectivity index (χ0v) is 17.7. The molecule has 0 atom stereocenters. The maximum Gasteiger partial charge on any atom is 0.251 e. The lowest BCUT2D eigenvalue weighted by atomic mass is 10.2. The number of nitrogens with one attached hydrogen (secondary N) is 1. The first-order valence-electron chi connectivity index (χ1n) is 9.44. The predicted molar refractivity (Wildman–Crippen MR) is 110 cm³/mol. The third kappa shape index (κ3) is 6.16. The minimum absolute atomic E-state index is 0.0173. The Bertz CT molecular complexity index is 980. The van der Waals surface area contributed by atoms with Crippen molar-refractivity contribution in [1.29, 1.82) is 0 Å². The molecule has 1 aromatic carbocycles. The third-order valence-electron chi connectivity index (χ3n) is 4.33. The second kappa shape index (κ2) is 10.2. The quantitative estimate of drug-likeness (QED) is 0.585. The predicted octanol–water partition coefficient (Wildman–Crippen LogP) is 1.38. The molecule has 0 spiro atoms. The van der Waals surface area contributed by atoms with Crippen LogP contribution in [0.4, 0.5) is 0 Å². The molecule has 0 unspecified atom stereocenters. The number of hydrogen-bond acceptors (Lipinski definition) is 5. The average Bonchev–Trinajstić information content (AvgIpc) is 2.69. The highest BCUT2D eigenvalue weighted by molar-refractivity contribution is 7.89. The molecule has 0 radical (unpaired) electrons. The van der Waals surface area contributed by atoms with E-state index in [1.54, 1.807) is 13.8 Å². The van der Waals surface area contributed by atoms with Crippen molar-refractivity contribution >= 4 is 15.9 Å². The number of benzene rings is 1. The molecule has 8 nitrogen and oxygen atoms in total. The summed E-state index contributed by atoms with van der Waals surface area (Å²) in [6.45, 7) is 6.36.